The van der Waals surface area contributed by atoms with Crippen LogP contribution in [-0.4, -0.2) is 24.8 Å². The van der Waals surface area contributed by atoms with Crippen molar-refractivity contribution in [3.05, 3.63) is 93.9 Å². The summed E-state index contributed by atoms with van der Waals surface area (Å²) in [6.07, 6.45) is 1.30. The molecule has 142 valence electrons. The van der Waals surface area contributed by atoms with Gasteiger partial charge in [-0.05, 0) is 36.4 Å². The molecule has 0 saturated heterocycles. The maximum absolute atomic E-state index is 12.8. The second-order valence-electron chi connectivity index (χ2n) is 5.72. The first kappa shape index (κ1) is 19.4. The summed E-state index contributed by atoms with van der Waals surface area (Å²) in [7, 11) is 1.22. The average Bonchev–Trinajstić information content (AvgIpc) is 3.20. The standard InChI is InChI=1S/C21H15ClO6/c1-26-21(25)19-14(10-11-27-19)12-28-20(24)17-5-3-2-4-16(17)18(23)13-6-8-15(22)9-7-13/h2-11H,12H2,1H3. The van der Waals surface area contributed by atoms with Crippen molar-refractivity contribution in [2.45, 2.75) is 6.61 Å². The zero-order chi connectivity index (χ0) is 20.1. The van der Waals surface area contributed by atoms with Crippen LogP contribution in [0, 0.1) is 0 Å². The van der Waals surface area contributed by atoms with E-state index in [0.29, 0.717) is 16.1 Å². The van der Waals surface area contributed by atoms with Crippen molar-refractivity contribution >= 4 is 29.3 Å². The molecule has 0 saturated carbocycles. The Morgan fingerprint density at radius 3 is 2.29 bits per heavy atom. The molecule has 1 aromatic heterocycles. The molecule has 0 aliphatic rings. The van der Waals surface area contributed by atoms with Crippen LogP contribution in [-0.2, 0) is 16.1 Å². The van der Waals surface area contributed by atoms with Crippen molar-refractivity contribution in [3.63, 3.8) is 0 Å². The van der Waals surface area contributed by atoms with Gasteiger partial charge in [0.1, 0.15) is 6.61 Å². The third kappa shape index (κ3) is 4.13. The molecule has 3 aromatic rings. The van der Waals surface area contributed by atoms with Gasteiger partial charge in [0, 0.05) is 21.7 Å². The average molecular weight is 399 g/mol. The lowest BCUT2D eigenvalue weighted by Gasteiger charge is -2.09. The fourth-order valence-corrected chi connectivity index (χ4v) is 2.68. The summed E-state index contributed by atoms with van der Waals surface area (Å²) in [6.45, 7) is -0.205. The minimum absolute atomic E-state index is 0.0409. The van der Waals surface area contributed by atoms with E-state index in [4.69, 9.17) is 20.8 Å². The first-order chi connectivity index (χ1) is 13.5. The van der Waals surface area contributed by atoms with E-state index in [9.17, 15) is 14.4 Å². The van der Waals surface area contributed by atoms with Gasteiger partial charge in [0.05, 0.1) is 18.9 Å². The zero-order valence-electron chi connectivity index (χ0n) is 14.8. The van der Waals surface area contributed by atoms with E-state index in [0.717, 1.165) is 0 Å². The number of esters is 2. The normalized spacial score (nSPS) is 10.4. The van der Waals surface area contributed by atoms with E-state index in [-0.39, 0.29) is 29.3 Å². The monoisotopic (exact) mass is 398 g/mol. The maximum Gasteiger partial charge on any atom is 0.374 e. The second kappa shape index (κ2) is 8.54. The molecular weight excluding hydrogens is 384 g/mol. The van der Waals surface area contributed by atoms with Gasteiger partial charge in [-0.3, -0.25) is 4.79 Å². The lowest BCUT2D eigenvalue weighted by Crippen LogP contribution is -2.13. The van der Waals surface area contributed by atoms with Gasteiger partial charge >= 0.3 is 11.9 Å². The van der Waals surface area contributed by atoms with Gasteiger partial charge in [0.15, 0.2) is 5.78 Å². The molecule has 0 unspecified atom stereocenters. The van der Waals surface area contributed by atoms with Gasteiger partial charge in [-0.15, -0.1) is 0 Å². The van der Waals surface area contributed by atoms with Crippen LogP contribution in [0.3, 0.4) is 0 Å². The Hall–Kier alpha value is -3.38. The van der Waals surface area contributed by atoms with Crippen LogP contribution < -0.4 is 0 Å². The molecule has 0 bridgehead atoms. The van der Waals surface area contributed by atoms with Crippen molar-refractivity contribution in [3.8, 4) is 0 Å². The largest absolute Gasteiger partial charge is 0.463 e. The van der Waals surface area contributed by atoms with Crippen LogP contribution >= 0.6 is 11.6 Å². The first-order valence-electron chi connectivity index (χ1n) is 8.22. The summed E-state index contributed by atoms with van der Waals surface area (Å²) in [6, 6.07) is 14.2. The van der Waals surface area contributed by atoms with E-state index in [1.807, 2.05) is 0 Å². The Kier molecular flexibility index (Phi) is 5.91. The Balaban J connectivity index is 1.80. The van der Waals surface area contributed by atoms with E-state index in [1.165, 1.54) is 25.5 Å². The summed E-state index contributed by atoms with van der Waals surface area (Å²) >= 11 is 5.85. The van der Waals surface area contributed by atoms with Crippen molar-refractivity contribution in [2.24, 2.45) is 0 Å². The molecule has 3 rings (SSSR count). The molecule has 0 atom stereocenters. The van der Waals surface area contributed by atoms with Crippen LogP contribution in [0.2, 0.25) is 5.02 Å². The van der Waals surface area contributed by atoms with Crippen molar-refractivity contribution in [1.82, 2.24) is 0 Å². The molecule has 0 spiro atoms. The van der Waals surface area contributed by atoms with Crippen molar-refractivity contribution < 1.29 is 28.3 Å². The number of rotatable bonds is 6. The molecule has 0 N–H and O–H groups in total. The van der Waals surface area contributed by atoms with Crippen molar-refractivity contribution in [2.75, 3.05) is 7.11 Å². The molecule has 28 heavy (non-hydrogen) atoms. The van der Waals surface area contributed by atoms with Crippen LogP contribution in [0.4, 0.5) is 0 Å². The molecule has 6 nitrogen and oxygen atoms in total. The number of halogens is 1. The summed E-state index contributed by atoms with van der Waals surface area (Å²) in [5, 5.41) is 0.505. The van der Waals surface area contributed by atoms with Gasteiger partial charge in [-0.1, -0.05) is 29.8 Å². The van der Waals surface area contributed by atoms with Crippen LogP contribution in [0.15, 0.2) is 65.3 Å². The quantitative estimate of drug-likeness (QED) is 0.454. The summed E-state index contributed by atoms with van der Waals surface area (Å²) < 4.78 is 14.9. The first-order valence-corrected chi connectivity index (χ1v) is 8.60. The molecule has 0 fully saturated rings. The number of ether oxygens (including phenoxy) is 2. The number of ketones is 1. The Labute approximate surface area is 165 Å². The molecule has 7 heteroatoms. The Morgan fingerprint density at radius 1 is 0.929 bits per heavy atom. The molecule has 1 heterocycles. The molecule has 2 aromatic carbocycles. The number of carbonyl (C=O) groups excluding carboxylic acids is 3. The predicted octanol–water partition coefficient (Wildman–Crippen LogP) is 4.31. The lowest BCUT2D eigenvalue weighted by atomic mass is 9.98. The lowest BCUT2D eigenvalue weighted by molar-refractivity contribution is 0.0451. The van der Waals surface area contributed by atoms with Gasteiger partial charge < -0.3 is 13.9 Å². The smallest absolute Gasteiger partial charge is 0.374 e. The molecule has 0 aliphatic carbocycles. The fourth-order valence-electron chi connectivity index (χ4n) is 2.56. The van der Waals surface area contributed by atoms with E-state index < -0.39 is 11.9 Å². The number of carbonyl (C=O) groups is 3. The Bertz CT molecular complexity index is 1020. The van der Waals surface area contributed by atoms with Gasteiger partial charge in [-0.2, -0.15) is 0 Å². The molecule has 0 radical (unpaired) electrons. The Morgan fingerprint density at radius 2 is 1.61 bits per heavy atom. The number of benzene rings is 2. The highest BCUT2D eigenvalue weighted by atomic mass is 35.5. The van der Waals surface area contributed by atoms with E-state index in [2.05, 4.69) is 4.74 Å². The van der Waals surface area contributed by atoms with Crippen LogP contribution in [0.25, 0.3) is 0 Å². The SMILES string of the molecule is COC(=O)c1occc1COC(=O)c1ccccc1C(=O)c1ccc(Cl)cc1. The fraction of sp³-hybridized carbons (Fsp3) is 0.0952. The summed E-state index contributed by atoms with van der Waals surface area (Å²) in [5.41, 5.74) is 1.08. The molecule has 0 aliphatic heterocycles. The third-order valence-corrected chi connectivity index (χ3v) is 4.23. The number of methoxy groups -OCH3 is 1. The third-order valence-electron chi connectivity index (χ3n) is 3.97. The predicted molar refractivity (Wildman–Crippen MR) is 100 cm³/mol. The number of furan rings is 1. The van der Waals surface area contributed by atoms with Gasteiger partial charge in [0.2, 0.25) is 5.76 Å². The van der Waals surface area contributed by atoms with E-state index in [1.54, 1.807) is 42.5 Å². The topological polar surface area (TPSA) is 82.8 Å². The number of hydrogen-bond acceptors (Lipinski definition) is 6. The van der Waals surface area contributed by atoms with Crippen LogP contribution in [0.5, 0.6) is 0 Å². The zero-order valence-corrected chi connectivity index (χ0v) is 15.6. The highest BCUT2D eigenvalue weighted by Gasteiger charge is 2.21. The highest BCUT2D eigenvalue weighted by molar-refractivity contribution is 6.30. The second-order valence-corrected chi connectivity index (χ2v) is 6.16. The van der Waals surface area contributed by atoms with Crippen LogP contribution in [0.1, 0.15) is 42.4 Å². The minimum atomic E-state index is -0.699. The minimum Gasteiger partial charge on any atom is -0.463 e. The number of hydrogen-bond donors (Lipinski definition) is 0. The van der Waals surface area contributed by atoms with E-state index >= 15 is 0 Å². The van der Waals surface area contributed by atoms with Crippen molar-refractivity contribution in [1.29, 1.82) is 0 Å². The van der Waals surface area contributed by atoms with Gasteiger partial charge in [0.25, 0.3) is 0 Å². The molecule has 0 amide bonds. The van der Waals surface area contributed by atoms with Gasteiger partial charge in [-0.25, -0.2) is 9.59 Å². The molecular formula is C21H15ClO6. The maximum atomic E-state index is 12.8. The summed E-state index contributed by atoms with van der Waals surface area (Å²) in [4.78, 5) is 37.0. The summed E-state index contributed by atoms with van der Waals surface area (Å²) in [5.74, 6) is -1.74. The highest BCUT2D eigenvalue weighted by Crippen LogP contribution is 2.19.